The average molecular weight is 257 g/mol. The smallest absolute Gasteiger partial charge is 0.272 e. The Bertz CT molecular complexity index is 401. The van der Waals surface area contributed by atoms with Crippen LogP contribution in [0.15, 0.2) is 6.07 Å². The highest BCUT2D eigenvalue weighted by Gasteiger charge is 2.21. The number of carbonyl (C=O) groups is 1. The van der Waals surface area contributed by atoms with Gasteiger partial charge in [-0.1, -0.05) is 0 Å². The zero-order valence-corrected chi connectivity index (χ0v) is 11.3. The minimum atomic E-state index is -0.500. The van der Waals surface area contributed by atoms with Gasteiger partial charge in [-0.3, -0.25) is 4.79 Å². The summed E-state index contributed by atoms with van der Waals surface area (Å²) in [7, 11) is 6.25. The van der Waals surface area contributed by atoms with E-state index >= 15 is 0 Å². The Hall–Kier alpha value is -1.60. The molecule has 0 spiro atoms. The highest BCUT2D eigenvalue weighted by molar-refractivity contribution is 5.92. The fraction of sp³-hybridized carbons (Fsp3) is 0.636. The van der Waals surface area contributed by atoms with Crippen molar-refractivity contribution >= 4 is 5.91 Å². The summed E-state index contributed by atoms with van der Waals surface area (Å²) < 4.78 is 16.7. The van der Waals surface area contributed by atoms with Gasteiger partial charge in [0.05, 0.1) is 13.2 Å². The van der Waals surface area contributed by atoms with Crippen molar-refractivity contribution in [3.05, 3.63) is 11.8 Å². The molecule has 1 atom stereocenters. The van der Waals surface area contributed by atoms with Gasteiger partial charge in [0, 0.05) is 27.3 Å². The molecule has 0 aliphatic rings. The second-order valence-electron chi connectivity index (χ2n) is 3.80. The third-order valence-corrected chi connectivity index (χ3v) is 2.51. The van der Waals surface area contributed by atoms with Gasteiger partial charge in [0.25, 0.3) is 5.91 Å². The van der Waals surface area contributed by atoms with Gasteiger partial charge in [0.1, 0.15) is 0 Å². The van der Waals surface area contributed by atoms with E-state index in [-0.39, 0.29) is 17.6 Å². The predicted molar refractivity (Wildman–Crippen MR) is 64.5 cm³/mol. The van der Waals surface area contributed by atoms with Crippen LogP contribution in [0.5, 0.6) is 5.88 Å². The number of aromatic nitrogens is 2. The Morgan fingerprint density at radius 3 is 2.44 bits per heavy atom. The quantitative estimate of drug-likeness (QED) is 0.735. The van der Waals surface area contributed by atoms with E-state index in [1.165, 1.54) is 26.0 Å². The van der Waals surface area contributed by atoms with Crippen LogP contribution in [0.4, 0.5) is 0 Å². The molecule has 1 unspecified atom stereocenters. The molecule has 1 rings (SSSR count). The summed E-state index contributed by atoms with van der Waals surface area (Å²) >= 11 is 0. The number of rotatable bonds is 6. The minimum absolute atomic E-state index is 0.284. The van der Waals surface area contributed by atoms with Crippen LogP contribution < -0.4 is 10.1 Å². The van der Waals surface area contributed by atoms with Crippen LogP contribution in [-0.4, -0.2) is 49.3 Å². The van der Waals surface area contributed by atoms with Crippen LogP contribution in [0, 0.1) is 0 Å². The minimum Gasteiger partial charge on any atom is -0.481 e. The Morgan fingerprint density at radius 1 is 1.39 bits per heavy atom. The number of nitrogens with zero attached hydrogens (tertiary/aromatic N) is 2. The first kappa shape index (κ1) is 14.5. The molecular formula is C11H19N3O4. The van der Waals surface area contributed by atoms with Gasteiger partial charge in [-0.2, -0.15) is 5.10 Å². The number of aryl methyl sites for hydroxylation is 1. The van der Waals surface area contributed by atoms with Gasteiger partial charge < -0.3 is 19.5 Å². The lowest BCUT2D eigenvalue weighted by molar-refractivity contribution is -0.117. The van der Waals surface area contributed by atoms with Crippen molar-refractivity contribution in [2.75, 3.05) is 21.3 Å². The lowest BCUT2D eigenvalue weighted by atomic mass is 10.3. The molecule has 1 aromatic heterocycles. The summed E-state index contributed by atoms with van der Waals surface area (Å²) in [6.45, 7) is 1.79. The number of nitrogens with one attached hydrogen (secondary N) is 1. The summed E-state index contributed by atoms with van der Waals surface area (Å²) in [5.41, 5.74) is 0.284. The Labute approximate surface area is 106 Å². The number of ether oxygens (including phenoxy) is 3. The zero-order chi connectivity index (χ0) is 13.7. The number of amides is 1. The van der Waals surface area contributed by atoms with Crippen LogP contribution in [0.25, 0.3) is 0 Å². The SMILES string of the molecule is COc1cc(C(=O)NC(C)C(OC)OC)nn1C. The van der Waals surface area contributed by atoms with E-state index in [1.54, 1.807) is 20.0 Å². The van der Waals surface area contributed by atoms with Gasteiger partial charge in [-0.15, -0.1) is 0 Å². The molecule has 0 aliphatic carbocycles. The molecule has 0 aromatic carbocycles. The molecular weight excluding hydrogens is 238 g/mol. The maximum absolute atomic E-state index is 11.9. The molecule has 1 N–H and O–H groups in total. The predicted octanol–water partition coefficient (Wildman–Crippen LogP) is 0.166. The maximum atomic E-state index is 11.9. The largest absolute Gasteiger partial charge is 0.481 e. The van der Waals surface area contributed by atoms with Gasteiger partial charge in [-0.05, 0) is 6.92 Å². The van der Waals surface area contributed by atoms with Crippen LogP contribution >= 0.6 is 0 Å². The number of hydrogen-bond acceptors (Lipinski definition) is 5. The van der Waals surface area contributed by atoms with E-state index in [4.69, 9.17) is 14.2 Å². The highest BCUT2D eigenvalue weighted by atomic mass is 16.7. The Kier molecular flexibility index (Phi) is 5.11. The Morgan fingerprint density at radius 2 is 2.00 bits per heavy atom. The van der Waals surface area contributed by atoms with E-state index in [9.17, 15) is 4.79 Å². The third kappa shape index (κ3) is 3.21. The van der Waals surface area contributed by atoms with E-state index in [0.717, 1.165) is 0 Å². The molecule has 0 bridgehead atoms. The van der Waals surface area contributed by atoms with Crippen LogP contribution in [0.3, 0.4) is 0 Å². The zero-order valence-electron chi connectivity index (χ0n) is 11.3. The number of hydrogen-bond donors (Lipinski definition) is 1. The summed E-state index contributed by atoms with van der Waals surface area (Å²) in [6.07, 6.45) is -0.500. The van der Waals surface area contributed by atoms with E-state index in [0.29, 0.717) is 5.88 Å². The molecule has 0 radical (unpaired) electrons. The lowest BCUT2D eigenvalue weighted by Crippen LogP contribution is -2.43. The first-order chi connectivity index (χ1) is 8.53. The summed E-state index contributed by atoms with van der Waals surface area (Å²) in [5, 5.41) is 6.79. The van der Waals surface area contributed by atoms with E-state index in [2.05, 4.69) is 10.4 Å². The van der Waals surface area contributed by atoms with Crippen molar-refractivity contribution in [3.8, 4) is 5.88 Å². The topological polar surface area (TPSA) is 74.6 Å². The molecule has 102 valence electrons. The second kappa shape index (κ2) is 6.36. The lowest BCUT2D eigenvalue weighted by Gasteiger charge is -2.21. The fourth-order valence-electron chi connectivity index (χ4n) is 1.61. The third-order valence-electron chi connectivity index (χ3n) is 2.51. The van der Waals surface area contributed by atoms with Crippen molar-refractivity contribution < 1.29 is 19.0 Å². The Balaban J connectivity index is 2.69. The van der Waals surface area contributed by atoms with E-state index < -0.39 is 6.29 Å². The summed E-state index contributed by atoms with van der Waals surface area (Å²) in [6, 6.07) is 1.27. The van der Waals surface area contributed by atoms with Crippen molar-refractivity contribution in [3.63, 3.8) is 0 Å². The second-order valence-corrected chi connectivity index (χ2v) is 3.80. The standard InChI is InChI=1S/C11H19N3O4/c1-7(11(17-4)18-5)12-10(15)8-6-9(16-3)14(2)13-8/h6-7,11H,1-5H3,(H,12,15). The highest BCUT2D eigenvalue weighted by Crippen LogP contribution is 2.11. The fourth-order valence-corrected chi connectivity index (χ4v) is 1.61. The monoisotopic (exact) mass is 257 g/mol. The van der Waals surface area contributed by atoms with Gasteiger partial charge >= 0.3 is 0 Å². The maximum Gasteiger partial charge on any atom is 0.272 e. The number of methoxy groups -OCH3 is 3. The van der Waals surface area contributed by atoms with Crippen LogP contribution in [0.2, 0.25) is 0 Å². The molecule has 1 heterocycles. The molecule has 0 saturated carbocycles. The first-order valence-corrected chi connectivity index (χ1v) is 5.48. The molecule has 1 amide bonds. The van der Waals surface area contributed by atoms with Crippen LogP contribution in [-0.2, 0) is 16.5 Å². The first-order valence-electron chi connectivity index (χ1n) is 5.48. The van der Waals surface area contributed by atoms with Crippen molar-refractivity contribution in [2.45, 2.75) is 19.3 Å². The molecule has 18 heavy (non-hydrogen) atoms. The molecule has 1 aromatic rings. The summed E-state index contributed by atoms with van der Waals surface area (Å²) in [5.74, 6) is 0.211. The molecule has 0 fully saturated rings. The summed E-state index contributed by atoms with van der Waals surface area (Å²) in [4.78, 5) is 11.9. The van der Waals surface area contributed by atoms with Gasteiger partial charge in [0.2, 0.25) is 5.88 Å². The van der Waals surface area contributed by atoms with Crippen molar-refractivity contribution in [1.82, 2.24) is 15.1 Å². The number of carbonyl (C=O) groups excluding carboxylic acids is 1. The van der Waals surface area contributed by atoms with Crippen molar-refractivity contribution in [1.29, 1.82) is 0 Å². The van der Waals surface area contributed by atoms with Gasteiger partial charge in [0.15, 0.2) is 12.0 Å². The normalized spacial score (nSPS) is 12.6. The molecule has 0 saturated heterocycles. The average Bonchev–Trinajstić information content (AvgIpc) is 2.72. The van der Waals surface area contributed by atoms with Crippen LogP contribution in [0.1, 0.15) is 17.4 Å². The molecule has 7 nitrogen and oxygen atoms in total. The molecule has 7 heteroatoms. The van der Waals surface area contributed by atoms with Crippen molar-refractivity contribution in [2.24, 2.45) is 7.05 Å². The van der Waals surface area contributed by atoms with E-state index in [1.807, 2.05) is 0 Å². The molecule has 0 aliphatic heterocycles. The van der Waals surface area contributed by atoms with Gasteiger partial charge in [-0.25, -0.2) is 4.68 Å².